The molecule has 0 aliphatic heterocycles. The van der Waals surface area contributed by atoms with Crippen LogP contribution in [0, 0.1) is 0 Å². The molecule has 1 aromatic carbocycles. The Morgan fingerprint density at radius 1 is 1.37 bits per heavy atom. The van der Waals surface area contributed by atoms with Gasteiger partial charge in [-0.2, -0.15) is 13.2 Å². The smallest absolute Gasteiger partial charge is 0.329 e. The van der Waals surface area contributed by atoms with E-state index < -0.39 is 27.0 Å². The molecule has 0 fully saturated rings. The zero-order chi connectivity index (χ0) is 14.8. The Labute approximate surface area is 113 Å². The van der Waals surface area contributed by atoms with Crippen molar-refractivity contribution in [2.24, 2.45) is 5.73 Å². The Morgan fingerprint density at radius 3 is 2.42 bits per heavy atom. The minimum absolute atomic E-state index is 0.151. The Morgan fingerprint density at radius 2 is 1.95 bits per heavy atom. The Hall–Kier alpha value is -0.990. The number of nitrogens with one attached hydrogen (secondary N) is 1. The highest BCUT2D eigenvalue weighted by Gasteiger charge is 2.31. The highest BCUT2D eigenvalue weighted by molar-refractivity contribution is 7.93. The molecular weight excluding hydrogens is 305 g/mol. The van der Waals surface area contributed by atoms with Crippen LogP contribution in [-0.4, -0.2) is 20.2 Å². The first-order chi connectivity index (χ1) is 8.56. The van der Waals surface area contributed by atoms with E-state index in [1.165, 1.54) is 6.92 Å². The largest absolute Gasteiger partial charge is 0.416 e. The Bertz CT molecular complexity index is 560. The lowest BCUT2D eigenvalue weighted by Gasteiger charge is -2.15. The Balaban J connectivity index is 3.13. The number of anilines is 1. The van der Waals surface area contributed by atoms with Crippen molar-refractivity contribution in [1.82, 2.24) is 0 Å². The second-order valence-corrected chi connectivity index (χ2v) is 6.46. The molecular formula is C10H12ClF3N2O2S. The van der Waals surface area contributed by atoms with Gasteiger partial charge in [0.25, 0.3) is 0 Å². The fraction of sp³-hybridized carbons (Fsp3) is 0.400. The summed E-state index contributed by atoms with van der Waals surface area (Å²) in [5, 5.41) is -1.14. The van der Waals surface area contributed by atoms with E-state index in [4.69, 9.17) is 17.3 Å². The maximum absolute atomic E-state index is 12.5. The molecule has 0 bridgehead atoms. The van der Waals surface area contributed by atoms with E-state index in [0.717, 1.165) is 6.07 Å². The number of hydrogen-bond acceptors (Lipinski definition) is 3. The third kappa shape index (κ3) is 4.26. The highest BCUT2D eigenvalue weighted by atomic mass is 35.5. The van der Waals surface area contributed by atoms with Gasteiger partial charge in [0, 0.05) is 11.6 Å². The first-order valence-corrected chi connectivity index (χ1v) is 7.08. The third-order valence-corrected chi connectivity index (χ3v) is 4.34. The fourth-order valence-corrected chi connectivity index (χ4v) is 2.34. The molecule has 0 aliphatic rings. The predicted molar refractivity (Wildman–Crippen MR) is 67.5 cm³/mol. The lowest BCUT2D eigenvalue weighted by atomic mass is 10.2. The van der Waals surface area contributed by atoms with Crippen molar-refractivity contribution in [2.45, 2.75) is 18.3 Å². The minimum atomic E-state index is -4.61. The first kappa shape index (κ1) is 16.1. The van der Waals surface area contributed by atoms with Gasteiger partial charge < -0.3 is 5.73 Å². The van der Waals surface area contributed by atoms with E-state index in [0.29, 0.717) is 12.1 Å². The molecule has 0 aromatic heterocycles. The summed E-state index contributed by atoms with van der Waals surface area (Å²) in [5.74, 6) is 0. The molecule has 0 heterocycles. The molecule has 1 atom stereocenters. The van der Waals surface area contributed by atoms with E-state index in [1.807, 2.05) is 4.72 Å². The molecule has 9 heteroatoms. The molecule has 0 saturated heterocycles. The highest BCUT2D eigenvalue weighted by Crippen LogP contribution is 2.33. The van der Waals surface area contributed by atoms with Gasteiger partial charge in [-0.3, -0.25) is 4.72 Å². The number of benzene rings is 1. The van der Waals surface area contributed by atoms with Gasteiger partial charge in [0.15, 0.2) is 0 Å². The van der Waals surface area contributed by atoms with Crippen molar-refractivity contribution >= 4 is 27.3 Å². The van der Waals surface area contributed by atoms with Crippen LogP contribution in [0.3, 0.4) is 0 Å². The van der Waals surface area contributed by atoms with E-state index in [-0.39, 0.29) is 17.3 Å². The standard InChI is InChI=1S/C10H12ClF3N2O2S/c1-6(5-15)19(17,18)16-9-3-7(10(12,13)14)2-8(11)4-9/h2-4,6,16H,5,15H2,1H3. The van der Waals surface area contributed by atoms with Crippen molar-refractivity contribution in [3.8, 4) is 0 Å². The molecule has 1 rings (SSSR count). The predicted octanol–water partition coefficient (Wildman–Crippen LogP) is 2.45. The van der Waals surface area contributed by atoms with Crippen molar-refractivity contribution in [3.63, 3.8) is 0 Å². The number of rotatable bonds is 4. The summed E-state index contributed by atoms with van der Waals surface area (Å²) in [4.78, 5) is 0. The van der Waals surface area contributed by atoms with Crippen LogP contribution in [0.4, 0.5) is 18.9 Å². The van der Waals surface area contributed by atoms with E-state index in [1.54, 1.807) is 0 Å². The second kappa shape index (κ2) is 5.56. The van der Waals surface area contributed by atoms with Crippen LogP contribution in [0.2, 0.25) is 5.02 Å². The van der Waals surface area contributed by atoms with Gasteiger partial charge in [-0.1, -0.05) is 11.6 Å². The van der Waals surface area contributed by atoms with E-state index in [9.17, 15) is 21.6 Å². The summed E-state index contributed by atoms with van der Waals surface area (Å²) in [7, 11) is -3.84. The molecule has 0 saturated carbocycles. The fourth-order valence-electron chi connectivity index (χ4n) is 1.20. The molecule has 0 radical (unpaired) electrons. The maximum atomic E-state index is 12.5. The topological polar surface area (TPSA) is 72.2 Å². The third-order valence-electron chi connectivity index (χ3n) is 2.35. The van der Waals surface area contributed by atoms with Crippen molar-refractivity contribution in [3.05, 3.63) is 28.8 Å². The molecule has 4 nitrogen and oxygen atoms in total. The minimum Gasteiger partial charge on any atom is -0.329 e. The van der Waals surface area contributed by atoms with Crippen LogP contribution in [0.25, 0.3) is 0 Å². The zero-order valence-electron chi connectivity index (χ0n) is 9.83. The van der Waals surface area contributed by atoms with Crippen LogP contribution in [-0.2, 0) is 16.2 Å². The summed E-state index contributed by atoms with van der Waals surface area (Å²) >= 11 is 5.54. The van der Waals surface area contributed by atoms with Crippen molar-refractivity contribution in [2.75, 3.05) is 11.3 Å². The number of alkyl halides is 3. The van der Waals surface area contributed by atoms with Crippen LogP contribution >= 0.6 is 11.6 Å². The van der Waals surface area contributed by atoms with Gasteiger partial charge in [-0.15, -0.1) is 0 Å². The second-order valence-electron chi connectivity index (χ2n) is 3.92. The number of sulfonamides is 1. The van der Waals surface area contributed by atoms with Crippen LogP contribution in [0.15, 0.2) is 18.2 Å². The summed E-state index contributed by atoms with van der Waals surface area (Å²) in [6.45, 7) is 1.19. The first-order valence-electron chi connectivity index (χ1n) is 5.15. The van der Waals surface area contributed by atoms with Crippen LogP contribution in [0.5, 0.6) is 0 Å². The molecule has 0 amide bonds. The zero-order valence-corrected chi connectivity index (χ0v) is 11.4. The lowest BCUT2D eigenvalue weighted by Crippen LogP contribution is -2.31. The normalized spacial score (nSPS) is 14.2. The summed E-state index contributed by atoms with van der Waals surface area (Å²) < 4.78 is 63.1. The summed E-state index contributed by atoms with van der Waals surface area (Å²) in [6, 6.07) is 2.48. The quantitative estimate of drug-likeness (QED) is 0.896. The van der Waals surface area contributed by atoms with Crippen molar-refractivity contribution < 1.29 is 21.6 Å². The van der Waals surface area contributed by atoms with Gasteiger partial charge in [0.2, 0.25) is 10.0 Å². The molecule has 108 valence electrons. The maximum Gasteiger partial charge on any atom is 0.416 e. The number of halogens is 4. The summed E-state index contributed by atoms with van der Waals surface area (Å²) in [6.07, 6.45) is -4.61. The molecule has 1 unspecified atom stereocenters. The van der Waals surface area contributed by atoms with Gasteiger partial charge in [-0.25, -0.2) is 8.42 Å². The SMILES string of the molecule is CC(CN)S(=O)(=O)Nc1cc(Cl)cc(C(F)(F)F)c1. The van der Waals surface area contributed by atoms with Gasteiger partial charge in [-0.05, 0) is 25.1 Å². The Kier molecular flexibility index (Phi) is 4.70. The van der Waals surface area contributed by atoms with Crippen LogP contribution in [0.1, 0.15) is 12.5 Å². The molecule has 1 aromatic rings. The molecule has 3 N–H and O–H groups in total. The van der Waals surface area contributed by atoms with Gasteiger partial charge in [0.05, 0.1) is 16.5 Å². The molecule has 0 aliphatic carbocycles. The van der Waals surface area contributed by atoms with E-state index in [2.05, 4.69) is 0 Å². The lowest BCUT2D eigenvalue weighted by molar-refractivity contribution is -0.137. The van der Waals surface area contributed by atoms with Crippen LogP contribution < -0.4 is 10.5 Å². The monoisotopic (exact) mass is 316 g/mol. The average Bonchev–Trinajstić information content (AvgIpc) is 2.25. The van der Waals surface area contributed by atoms with E-state index >= 15 is 0 Å². The van der Waals surface area contributed by atoms with Gasteiger partial charge >= 0.3 is 6.18 Å². The van der Waals surface area contributed by atoms with Gasteiger partial charge in [0.1, 0.15) is 0 Å². The van der Waals surface area contributed by atoms with Crippen molar-refractivity contribution in [1.29, 1.82) is 0 Å². The number of nitrogens with two attached hydrogens (primary N) is 1. The number of hydrogen-bond donors (Lipinski definition) is 2. The molecule has 19 heavy (non-hydrogen) atoms. The average molecular weight is 317 g/mol. The molecule has 0 spiro atoms. The summed E-state index contributed by atoms with van der Waals surface area (Å²) in [5.41, 5.74) is 3.94.